The fourth-order valence-corrected chi connectivity index (χ4v) is 3.35. The van der Waals surface area contributed by atoms with E-state index in [1.165, 1.54) is 0 Å². The highest BCUT2D eigenvalue weighted by atomic mass is 16.3. The third-order valence-electron chi connectivity index (χ3n) is 4.37. The molecule has 100 valence electrons. The van der Waals surface area contributed by atoms with Gasteiger partial charge in [-0.1, -0.05) is 31.5 Å². The van der Waals surface area contributed by atoms with Crippen molar-refractivity contribution in [1.29, 1.82) is 0 Å². The number of aromatic nitrogens is 2. The summed E-state index contributed by atoms with van der Waals surface area (Å²) in [6, 6.07) is 12.0. The monoisotopic (exact) mass is 256 g/mol. The van der Waals surface area contributed by atoms with Crippen molar-refractivity contribution in [3.05, 3.63) is 48.3 Å². The first-order valence-electron chi connectivity index (χ1n) is 7.08. The molecule has 0 amide bonds. The summed E-state index contributed by atoms with van der Waals surface area (Å²) < 4.78 is 1.88. The fraction of sp³-hybridized carbons (Fsp3) is 0.438. The average Bonchev–Trinajstić information content (AvgIpc) is 3.06. The van der Waals surface area contributed by atoms with Gasteiger partial charge in [-0.25, -0.2) is 4.68 Å². The molecule has 1 aromatic carbocycles. The van der Waals surface area contributed by atoms with Crippen LogP contribution in [0.5, 0.6) is 0 Å². The van der Waals surface area contributed by atoms with E-state index in [9.17, 15) is 5.11 Å². The van der Waals surface area contributed by atoms with E-state index in [2.05, 4.69) is 12.0 Å². The Kier molecular flexibility index (Phi) is 3.15. The second kappa shape index (κ2) is 4.82. The lowest BCUT2D eigenvalue weighted by molar-refractivity contribution is -0.0101. The van der Waals surface area contributed by atoms with Gasteiger partial charge in [0.15, 0.2) is 0 Å². The molecule has 19 heavy (non-hydrogen) atoms. The quantitative estimate of drug-likeness (QED) is 0.915. The molecule has 1 aliphatic carbocycles. The molecule has 0 saturated heterocycles. The molecule has 1 N–H and O–H groups in total. The minimum Gasteiger partial charge on any atom is -0.383 e. The molecule has 2 atom stereocenters. The Hall–Kier alpha value is -1.61. The predicted molar refractivity (Wildman–Crippen MR) is 75.1 cm³/mol. The second-order valence-corrected chi connectivity index (χ2v) is 5.39. The van der Waals surface area contributed by atoms with Gasteiger partial charge in [0.2, 0.25) is 0 Å². The highest BCUT2D eigenvalue weighted by molar-refractivity contribution is 5.34. The molecule has 3 heteroatoms. The van der Waals surface area contributed by atoms with Crippen LogP contribution in [0, 0.1) is 5.92 Å². The van der Waals surface area contributed by atoms with Crippen molar-refractivity contribution in [2.75, 3.05) is 0 Å². The fourth-order valence-electron chi connectivity index (χ4n) is 3.35. The lowest BCUT2D eigenvalue weighted by Crippen LogP contribution is -2.32. The summed E-state index contributed by atoms with van der Waals surface area (Å²) in [5.41, 5.74) is 1.22. The molecule has 1 aromatic heterocycles. The number of hydrogen-bond acceptors (Lipinski definition) is 2. The summed E-state index contributed by atoms with van der Waals surface area (Å²) in [6.45, 7) is 2.16. The highest BCUT2D eigenvalue weighted by Gasteiger charge is 2.43. The Labute approximate surface area is 113 Å². The van der Waals surface area contributed by atoms with E-state index in [0.29, 0.717) is 5.92 Å². The zero-order chi connectivity index (χ0) is 13.3. The van der Waals surface area contributed by atoms with Crippen molar-refractivity contribution >= 4 is 0 Å². The van der Waals surface area contributed by atoms with Crippen LogP contribution in [0.1, 0.15) is 38.3 Å². The lowest BCUT2D eigenvalue weighted by atomic mass is 9.85. The summed E-state index contributed by atoms with van der Waals surface area (Å²) >= 11 is 0. The van der Waals surface area contributed by atoms with Crippen LogP contribution in [0.4, 0.5) is 0 Å². The number of hydrogen-bond donors (Lipinski definition) is 1. The SMILES string of the molecule is CCC1CCCC1(O)c1ccnn1-c1ccccc1. The third kappa shape index (κ3) is 1.98. The van der Waals surface area contributed by atoms with Crippen molar-refractivity contribution in [2.24, 2.45) is 5.92 Å². The maximum Gasteiger partial charge on any atom is 0.109 e. The number of para-hydroxylation sites is 1. The lowest BCUT2D eigenvalue weighted by Gasteiger charge is -2.30. The third-order valence-corrected chi connectivity index (χ3v) is 4.37. The number of benzene rings is 1. The van der Waals surface area contributed by atoms with E-state index in [-0.39, 0.29) is 0 Å². The zero-order valence-corrected chi connectivity index (χ0v) is 11.3. The van der Waals surface area contributed by atoms with Gasteiger partial charge < -0.3 is 5.11 Å². The topological polar surface area (TPSA) is 38.1 Å². The van der Waals surface area contributed by atoms with Crippen molar-refractivity contribution in [3.8, 4) is 5.69 Å². The van der Waals surface area contributed by atoms with E-state index >= 15 is 0 Å². The van der Waals surface area contributed by atoms with Gasteiger partial charge in [-0.05, 0) is 43.4 Å². The van der Waals surface area contributed by atoms with Crippen LogP contribution in [0.3, 0.4) is 0 Å². The molecule has 0 aliphatic heterocycles. The molecule has 3 nitrogen and oxygen atoms in total. The molecule has 1 heterocycles. The van der Waals surface area contributed by atoms with Crippen molar-refractivity contribution in [3.63, 3.8) is 0 Å². The molecule has 1 aliphatic rings. The van der Waals surface area contributed by atoms with Crippen LogP contribution in [0.15, 0.2) is 42.6 Å². The van der Waals surface area contributed by atoms with Gasteiger partial charge in [0, 0.05) is 6.20 Å². The smallest absolute Gasteiger partial charge is 0.109 e. The molecule has 3 rings (SSSR count). The summed E-state index contributed by atoms with van der Waals surface area (Å²) in [4.78, 5) is 0. The summed E-state index contributed by atoms with van der Waals surface area (Å²) in [6.07, 6.45) is 5.83. The number of aliphatic hydroxyl groups is 1. The Balaban J connectivity index is 2.05. The highest BCUT2D eigenvalue weighted by Crippen LogP contribution is 2.45. The first-order valence-corrected chi connectivity index (χ1v) is 7.08. The van der Waals surface area contributed by atoms with Gasteiger partial charge in [0.1, 0.15) is 5.60 Å². The van der Waals surface area contributed by atoms with Crippen LogP contribution in [0.2, 0.25) is 0 Å². The Bertz CT molecular complexity index is 549. The first kappa shape index (κ1) is 12.4. The van der Waals surface area contributed by atoms with Crippen LogP contribution < -0.4 is 0 Å². The zero-order valence-electron chi connectivity index (χ0n) is 11.3. The van der Waals surface area contributed by atoms with Crippen molar-refractivity contribution < 1.29 is 5.11 Å². The molecule has 2 aromatic rings. The molecule has 0 bridgehead atoms. The summed E-state index contributed by atoms with van der Waals surface area (Å²) in [5.74, 6) is 0.340. The van der Waals surface area contributed by atoms with E-state index < -0.39 is 5.60 Å². The number of nitrogens with zero attached hydrogens (tertiary/aromatic N) is 2. The minimum absolute atomic E-state index is 0.340. The van der Waals surface area contributed by atoms with Crippen molar-refractivity contribution in [2.45, 2.75) is 38.2 Å². The Morgan fingerprint density at radius 2 is 2.11 bits per heavy atom. The van der Waals surface area contributed by atoms with Crippen molar-refractivity contribution in [1.82, 2.24) is 9.78 Å². The van der Waals surface area contributed by atoms with Gasteiger partial charge in [0.25, 0.3) is 0 Å². The predicted octanol–water partition coefficient (Wildman–Crippen LogP) is 3.27. The molecule has 1 saturated carbocycles. The normalized spacial score (nSPS) is 26.7. The maximum absolute atomic E-state index is 11.1. The second-order valence-electron chi connectivity index (χ2n) is 5.39. The van der Waals surface area contributed by atoms with Gasteiger partial charge in [-0.15, -0.1) is 0 Å². The minimum atomic E-state index is -0.721. The summed E-state index contributed by atoms with van der Waals surface area (Å²) in [7, 11) is 0. The average molecular weight is 256 g/mol. The standard InChI is InChI=1S/C16H20N2O/c1-2-13-7-6-11-16(13,19)15-10-12-17-18(15)14-8-4-3-5-9-14/h3-5,8-10,12-13,19H,2,6-7,11H2,1H3. The van der Waals surface area contributed by atoms with Crippen LogP contribution >= 0.6 is 0 Å². The van der Waals surface area contributed by atoms with Crippen LogP contribution in [0.25, 0.3) is 5.69 Å². The van der Waals surface area contributed by atoms with E-state index in [0.717, 1.165) is 37.1 Å². The molecular weight excluding hydrogens is 236 g/mol. The van der Waals surface area contributed by atoms with Gasteiger partial charge in [-0.2, -0.15) is 5.10 Å². The van der Waals surface area contributed by atoms with E-state index in [1.54, 1.807) is 6.20 Å². The summed E-state index contributed by atoms with van der Waals surface area (Å²) in [5, 5.41) is 15.5. The molecule has 2 unspecified atom stereocenters. The largest absolute Gasteiger partial charge is 0.383 e. The number of rotatable bonds is 3. The first-order chi connectivity index (χ1) is 9.25. The van der Waals surface area contributed by atoms with Crippen LogP contribution in [-0.4, -0.2) is 14.9 Å². The molecule has 0 spiro atoms. The maximum atomic E-state index is 11.1. The van der Waals surface area contributed by atoms with Crippen LogP contribution in [-0.2, 0) is 5.60 Å². The molecule has 0 radical (unpaired) electrons. The van der Waals surface area contributed by atoms with Gasteiger partial charge >= 0.3 is 0 Å². The molecular formula is C16H20N2O. The molecule has 1 fully saturated rings. The van der Waals surface area contributed by atoms with E-state index in [1.807, 2.05) is 41.1 Å². The Morgan fingerprint density at radius 3 is 2.84 bits per heavy atom. The Morgan fingerprint density at radius 1 is 1.32 bits per heavy atom. The van der Waals surface area contributed by atoms with E-state index in [4.69, 9.17) is 0 Å². The van der Waals surface area contributed by atoms with Gasteiger partial charge in [0.05, 0.1) is 11.4 Å². The van der Waals surface area contributed by atoms with Gasteiger partial charge in [-0.3, -0.25) is 0 Å².